The number of rotatable bonds is 4. The van der Waals surface area contributed by atoms with Gasteiger partial charge >= 0.3 is 0 Å². The van der Waals surface area contributed by atoms with Crippen molar-refractivity contribution in [1.29, 1.82) is 0 Å². The van der Waals surface area contributed by atoms with Gasteiger partial charge < -0.3 is 10.2 Å². The monoisotopic (exact) mass is 206 g/mol. The maximum absolute atomic E-state index is 12.0. The third-order valence-electron chi connectivity index (χ3n) is 2.45. The van der Waals surface area contributed by atoms with E-state index in [1.165, 1.54) is 0 Å². The third kappa shape index (κ3) is 2.80. The minimum absolute atomic E-state index is 0.103. The Morgan fingerprint density at radius 2 is 2.00 bits per heavy atom. The molecule has 1 unspecified atom stereocenters. The fraction of sp³-hybridized carbons (Fsp3) is 0.417. The number of nitrogens with one attached hydrogen (secondary N) is 1. The van der Waals surface area contributed by atoms with Gasteiger partial charge in [-0.15, -0.1) is 0 Å². The first-order valence-corrected chi connectivity index (χ1v) is 5.24. The predicted octanol–water partition coefficient (Wildman–Crippen LogP) is 1.65. The van der Waals surface area contributed by atoms with Gasteiger partial charge in [-0.05, 0) is 33.0 Å². The lowest BCUT2D eigenvalue weighted by molar-refractivity contribution is -0.120. The summed E-state index contributed by atoms with van der Waals surface area (Å²) in [5.41, 5.74) is 0.951. The summed E-state index contributed by atoms with van der Waals surface area (Å²) >= 11 is 0. The van der Waals surface area contributed by atoms with E-state index in [-0.39, 0.29) is 11.9 Å². The quantitative estimate of drug-likeness (QED) is 0.812. The summed E-state index contributed by atoms with van der Waals surface area (Å²) in [6.07, 6.45) is 0. The lowest BCUT2D eigenvalue weighted by atomic mass is 10.2. The Balaban J connectivity index is 2.85. The molecule has 15 heavy (non-hydrogen) atoms. The molecule has 3 heteroatoms. The van der Waals surface area contributed by atoms with E-state index in [4.69, 9.17) is 0 Å². The molecule has 0 aromatic heterocycles. The fourth-order valence-electron chi connectivity index (χ4n) is 1.43. The first-order valence-electron chi connectivity index (χ1n) is 5.24. The molecular formula is C12H18N2O. The van der Waals surface area contributed by atoms with Gasteiger partial charge in [-0.1, -0.05) is 18.2 Å². The second-order valence-corrected chi connectivity index (χ2v) is 3.43. The molecule has 0 radical (unpaired) electrons. The van der Waals surface area contributed by atoms with Crippen molar-refractivity contribution < 1.29 is 4.79 Å². The molecule has 1 rings (SSSR count). The Hall–Kier alpha value is -1.35. The largest absolute Gasteiger partial charge is 0.311 e. The maximum atomic E-state index is 12.0. The molecule has 1 N–H and O–H groups in total. The van der Waals surface area contributed by atoms with Crippen molar-refractivity contribution in [1.82, 2.24) is 5.32 Å². The van der Waals surface area contributed by atoms with Crippen molar-refractivity contribution in [3.63, 3.8) is 0 Å². The van der Waals surface area contributed by atoms with Crippen LogP contribution in [0.3, 0.4) is 0 Å². The third-order valence-corrected chi connectivity index (χ3v) is 2.45. The standard InChI is InChI=1S/C12H18N2O/c1-4-14(12(15)10(2)13-3)11-8-6-5-7-9-11/h5-10,13H,4H2,1-3H3. The van der Waals surface area contributed by atoms with Crippen molar-refractivity contribution in [2.24, 2.45) is 0 Å². The molecule has 0 saturated carbocycles. The average molecular weight is 206 g/mol. The molecule has 0 spiro atoms. The number of para-hydroxylation sites is 1. The molecule has 1 aromatic carbocycles. The molecule has 1 aromatic rings. The van der Waals surface area contributed by atoms with Crippen LogP contribution in [0.1, 0.15) is 13.8 Å². The maximum Gasteiger partial charge on any atom is 0.243 e. The van der Waals surface area contributed by atoms with E-state index in [1.54, 1.807) is 11.9 Å². The van der Waals surface area contributed by atoms with E-state index >= 15 is 0 Å². The number of hydrogen-bond donors (Lipinski definition) is 1. The van der Waals surface area contributed by atoms with Crippen LogP contribution in [0.25, 0.3) is 0 Å². The summed E-state index contributed by atoms with van der Waals surface area (Å²) in [4.78, 5) is 13.7. The van der Waals surface area contributed by atoms with E-state index in [0.29, 0.717) is 6.54 Å². The molecule has 0 saturated heterocycles. The van der Waals surface area contributed by atoms with E-state index < -0.39 is 0 Å². The van der Waals surface area contributed by atoms with E-state index in [0.717, 1.165) is 5.69 Å². The number of likely N-dealkylation sites (N-methyl/N-ethyl adjacent to an activating group) is 2. The van der Waals surface area contributed by atoms with Crippen LogP contribution in [-0.4, -0.2) is 25.5 Å². The van der Waals surface area contributed by atoms with Crippen LogP contribution in [0.5, 0.6) is 0 Å². The van der Waals surface area contributed by atoms with Crippen molar-refractivity contribution >= 4 is 11.6 Å². The highest BCUT2D eigenvalue weighted by molar-refractivity contribution is 5.96. The zero-order valence-electron chi connectivity index (χ0n) is 9.53. The Bertz CT molecular complexity index is 311. The number of nitrogens with zero attached hydrogens (tertiary/aromatic N) is 1. The first-order chi connectivity index (χ1) is 7.20. The van der Waals surface area contributed by atoms with E-state index in [9.17, 15) is 4.79 Å². The SMILES string of the molecule is CCN(C(=O)C(C)NC)c1ccccc1. The molecule has 3 nitrogen and oxygen atoms in total. The van der Waals surface area contributed by atoms with E-state index in [1.807, 2.05) is 44.2 Å². The van der Waals surface area contributed by atoms with Gasteiger partial charge in [0.1, 0.15) is 0 Å². The van der Waals surface area contributed by atoms with Crippen LogP contribution >= 0.6 is 0 Å². The Kier molecular flexibility index (Phi) is 4.31. The molecule has 0 fully saturated rings. The molecule has 1 atom stereocenters. The molecule has 0 aliphatic heterocycles. The highest BCUT2D eigenvalue weighted by atomic mass is 16.2. The summed E-state index contributed by atoms with van der Waals surface area (Å²) < 4.78 is 0. The second kappa shape index (κ2) is 5.51. The van der Waals surface area contributed by atoms with Gasteiger partial charge in [-0.3, -0.25) is 4.79 Å². The molecule has 0 bridgehead atoms. The average Bonchev–Trinajstić information content (AvgIpc) is 2.30. The smallest absolute Gasteiger partial charge is 0.243 e. The zero-order chi connectivity index (χ0) is 11.3. The van der Waals surface area contributed by atoms with Crippen molar-refractivity contribution in [3.05, 3.63) is 30.3 Å². The molecule has 0 aliphatic rings. The first kappa shape index (κ1) is 11.7. The number of amides is 1. The van der Waals surface area contributed by atoms with Gasteiger partial charge in [0.05, 0.1) is 6.04 Å². The Morgan fingerprint density at radius 3 is 2.47 bits per heavy atom. The van der Waals surface area contributed by atoms with Gasteiger partial charge in [0.2, 0.25) is 5.91 Å². The van der Waals surface area contributed by atoms with Crippen LogP contribution in [0.2, 0.25) is 0 Å². The van der Waals surface area contributed by atoms with Gasteiger partial charge in [0.15, 0.2) is 0 Å². The van der Waals surface area contributed by atoms with Crippen molar-refractivity contribution in [2.45, 2.75) is 19.9 Å². The molecular weight excluding hydrogens is 188 g/mol. The zero-order valence-corrected chi connectivity index (χ0v) is 9.53. The van der Waals surface area contributed by atoms with Gasteiger partial charge in [-0.2, -0.15) is 0 Å². The highest BCUT2D eigenvalue weighted by Gasteiger charge is 2.18. The molecule has 1 amide bonds. The van der Waals surface area contributed by atoms with Gasteiger partial charge in [0.25, 0.3) is 0 Å². The minimum Gasteiger partial charge on any atom is -0.311 e. The normalized spacial score (nSPS) is 12.2. The molecule has 82 valence electrons. The van der Waals surface area contributed by atoms with Crippen LogP contribution in [0.4, 0.5) is 5.69 Å². The number of carbonyl (C=O) groups excluding carboxylic acids is 1. The Morgan fingerprint density at radius 1 is 1.40 bits per heavy atom. The summed E-state index contributed by atoms with van der Waals surface area (Å²) in [6, 6.07) is 9.58. The summed E-state index contributed by atoms with van der Waals surface area (Å²) in [5.74, 6) is 0.103. The number of carbonyl (C=O) groups is 1. The second-order valence-electron chi connectivity index (χ2n) is 3.43. The minimum atomic E-state index is -0.148. The predicted molar refractivity (Wildman–Crippen MR) is 63.0 cm³/mol. The van der Waals surface area contributed by atoms with Crippen molar-refractivity contribution in [3.8, 4) is 0 Å². The molecule has 0 aliphatic carbocycles. The van der Waals surface area contributed by atoms with Gasteiger partial charge in [-0.25, -0.2) is 0 Å². The number of benzene rings is 1. The van der Waals surface area contributed by atoms with Crippen LogP contribution in [-0.2, 0) is 4.79 Å². The number of hydrogen-bond acceptors (Lipinski definition) is 2. The Labute approximate surface area is 91.1 Å². The lowest BCUT2D eigenvalue weighted by Gasteiger charge is -2.24. The lowest BCUT2D eigenvalue weighted by Crippen LogP contribution is -2.43. The molecule has 0 heterocycles. The highest BCUT2D eigenvalue weighted by Crippen LogP contribution is 2.13. The number of anilines is 1. The summed E-state index contributed by atoms with van der Waals surface area (Å²) in [5, 5.41) is 2.96. The van der Waals surface area contributed by atoms with Crippen LogP contribution in [0, 0.1) is 0 Å². The van der Waals surface area contributed by atoms with Gasteiger partial charge in [0, 0.05) is 12.2 Å². The van der Waals surface area contributed by atoms with Crippen molar-refractivity contribution in [2.75, 3.05) is 18.5 Å². The summed E-state index contributed by atoms with van der Waals surface area (Å²) in [6.45, 7) is 4.54. The van der Waals surface area contributed by atoms with Crippen LogP contribution in [0.15, 0.2) is 30.3 Å². The summed E-state index contributed by atoms with van der Waals surface area (Å²) in [7, 11) is 1.79. The van der Waals surface area contributed by atoms with E-state index in [2.05, 4.69) is 5.32 Å². The van der Waals surface area contributed by atoms with Crippen LogP contribution < -0.4 is 10.2 Å². The topological polar surface area (TPSA) is 32.3 Å². The fourth-order valence-corrected chi connectivity index (χ4v) is 1.43.